The Morgan fingerprint density at radius 2 is 1.50 bits per heavy atom. The van der Waals surface area contributed by atoms with E-state index in [4.69, 9.17) is 5.26 Å². The summed E-state index contributed by atoms with van der Waals surface area (Å²) < 4.78 is 0. The summed E-state index contributed by atoms with van der Waals surface area (Å²) in [7, 11) is 0. The van der Waals surface area contributed by atoms with Gasteiger partial charge in [-0.15, -0.1) is 0 Å². The van der Waals surface area contributed by atoms with Gasteiger partial charge in [-0.2, -0.15) is 5.26 Å². The number of benzene rings is 2. The van der Waals surface area contributed by atoms with E-state index < -0.39 is 0 Å². The van der Waals surface area contributed by atoms with E-state index in [0.29, 0.717) is 5.56 Å². The summed E-state index contributed by atoms with van der Waals surface area (Å²) in [6.07, 6.45) is 0. The van der Waals surface area contributed by atoms with E-state index in [1.807, 2.05) is 54.6 Å². The molecule has 0 bridgehead atoms. The topological polar surface area (TPSA) is 23.8 Å². The lowest BCUT2D eigenvalue weighted by Crippen LogP contribution is -1.78. The number of nitriles is 1. The van der Waals surface area contributed by atoms with Gasteiger partial charge in [0.25, 0.3) is 0 Å². The van der Waals surface area contributed by atoms with Gasteiger partial charge in [0.15, 0.2) is 0 Å². The lowest BCUT2D eigenvalue weighted by atomic mass is 10.0. The second-order valence-corrected chi connectivity index (χ2v) is 3.06. The highest BCUT2D eigenvalue weighted by molar-refractivity contribution is 5.64. The third-order valence-corrected chi connectivity index (χ3v) is 2.10. The zero-order valence-electron chi connectivity index (χ0n) is 7.64. The van der Waals surface area contributed by atoms with E-state index in [1.165, 1.54) is 0 Å². The first-order chi connectivity index (χ1) is 6.90. The lowest BCUT2D eigenvalue weighted by molar-refractivity contribution is 1.48. The first kappa shape index (κ1) is 8.52. The standard InChI is InChI=1S/C13H9N/c14-10-11-5-4-8-13(9-11)12-6-2-1-3-7-12/h1-9H. The fourth-order valence-corrected chi connectivity index (χ4v) is 1.40. The minimum absolute atomic E-state index is 0.700. The van der Waals surface area contributed by atoms with Crippen LogP contribution >= 0.6 is 0 Å². The average molecular weight is 179 g/mol. The van der Waals surface area contributed by atoms with Crippen molar-refractivity contribution >= 4 is 0 Å². The van der Waals surface area contributed by atoms with Crippen molar-refractivity contribution in [2.24, 2.45) is 0 Å². The van der Waals surface area contributed by atoms with Gasteiger partial charge in [0.2, 0.25) is 0 Å². The van der Waals surface area contributed by atoms with Crippen molar-refractivity contribution in [2.75, 3.05) is 0 Å². The van der Waals surface area contributed by atoms with Gasteiger partial charge in [0.1, 0.15) is 0 Å². The van der Waals surface area contributed by atoms with Crippen LogP contribution in [0.25, 0.3) is 11.1 Å². The fraction of sp³-hybridized carbons (Fsp3) is 0. The molecule has 1 heteroatoms. The Kier molecular flexibility index (Phi) is 2.29. The molecule has 2 aromatic carbocycles. The molecule has 0 saturated carbocycles. The van der Waals surface area contributed by atoms with Crippen LogP contribution in [-0.4, -0.2) is 0 Å². The van der Waals surface area contributed by atoms with E-state index in [9.17, 15) is 0 Å². The predicted molar refractivity (Wildman–Crippen MR) is 56.6 cm³/mol. The molecule has 66 valence electrons. The zero-order valence-corrected chi connectivity index (χ0v) is 7.64. The van der Waals surface area contributed by atoms with Crippen LogP contribution in [-0.2, 0) is 0 Å². The highest BCUT2D eigenvalue weighted by Gasteiger charge is 1.96. The van der Waals surface area contributed by atoms with Gasteiger partial charge in [-0.3, -0.25) is 0 Å². The van der Waals surface area contributed by atoms with Crippen LogP contribution < -0.4 is 0 Å². The Morgan fingerprint density at radius 3 is 2.21 bits per heavy atom. The number of nitrogens with zero attached hydrogens (tertiary/aromatic N) is 1. The van der Waals surface area contributed by atoms with Crippen molar-refractivity contribution in [1.29, 1.82) is 5.26 Å². The normalized spacial score (nSPS) is 9.36. The van der Waals surface area contributed by atoms with E-state index in [-0.39, 0.29) is 0 Å². The van der Waals surface area contributed by atoms with Gasteiger partial charge in [-0.1, -0.05) is 42.5 Å². The monoisotopic (exact) mass is 179 g/mol. The molecule has 1 nitrogen and oxygen atoms in total. The maximum Gasteiger partial charge on any atom is 0.0991 e. The molecule has 0 heterocycles. The van der Waals surface area contributed by atoms with Crippen LogP contribution in [0.2, 0.25) is 0 Å². The van der Waals surface area contributed by atoms with Gasteiger partial charge < -0.3 is 0 Å². The molecule has 0 spiro atoms. The Balaban J connectivity index is 2.49. The van der Waals surface area contributed by atoms with Crippen LogP contribution in [0.3, 0.4) is 0 Å². The van der Waals surface area contributed by atoms with Crippen LogP contribution in [0.5, 0.6) is 0 Å². The van der Waals surface area contributed by atoms with Gasteiger partial charge in [0, 0.05) is 0 Å². The first-order valence-corrected chi connectivity index (χ1v) is 4.46. The Morgan fingerprint density at radius 1 is 0.786 bits per heavy atom. The maximum atomic E-state index is 8.76. The molecule has 0 fully saturated rings. The minimum atomic E-state index is 0.700. The molecule has 0 unspecified atom stereocenters. The van der Waals surface area contributed by atoms with Crippen LogP contribution in [0.1, 0.15) is 5.56 Å². The molecule has 14 heavy (non-hydrogen) atoms. The van der Waals surface area contributed by atoms with Crippen molar-refractivity contribution in [1.82, 2.24) is 0 Å². The summed E-state index contributed by atoms with van der Waals surface area (Å²) in [6.45, 7) is 0. The summed E-state index contributed by atoms with van der Waals surface area (Å²) >= 11 is 0. The summed E-state index contributed by atoms with van der Waals surface area (Å²) in [4.78, 5) is 0. The molecule has 0 saturated heterocycles. The molecule has 0 N–H and O–H groups in total. The van der Waals surface area contributed by atoms with Gasteiger partial charge in [-0.05, 0) is 23.3 Å². The first-order valence-electron chi connectivity index (χ1n) is 4.46. The molecule has 2 rings (SSSR count). The van der Waals surface area contributed by atoms with Crippen LogP contribution in [0.15, 0.2) is 54.6 Å². The molecule has 0 amide bonds. The van der Waals surface area contributed by atoms with Crippen molar-refractivity contribution in [3.63, 3.8) is 0 Å². The Hall–Kier alpha value is -2.07. The summed E-state index contributed by atoms with van der Waals surface area (Å²) in [5, 5.41) is 8.76. The third-order valence-electron chi connectivity index (χ3n) is 2.10. The predicted octanol–water partition coefficient (Wildman–Crippen LogP) is 3.23. The molecule has 2 aromatic rings. The molecule has 0 atom stereocenters. The summed E-state index contributed by atoms with van der Waals surface area (Å²) in [6, 6.07) is 19.8. The SMILES string of the molecule is N#Cc1cccc(-c2ccccc2)c1. The van der Waals surface area contributed by atoms with Crippen molar-refractivity contribution in [3.05, 3.63) is 60.2 Å². The third kappa shape index (κ3) is 1.65. The zero-order chi connectivity index (χ0) is 9.80. The van der Waals surface area contributed by atoms with Gasteiger partial charge >= 0.3 is 0 Å². The number of hydrogen-bond donors (Lipinski definition) is 0. The second kappa shape index (κ2) is 3.76. The Bertz CT molecular complexity index is 466. The molecule has 0 aliphatic heterocycles. The van der Waals surface area contributed by atoms with E-state index >= 15 is 0 Å². The molecule has 0 aliphatic rings. The highest BCUT2D eigenvalue weighted by Crippen LogP contribution is 2.19. The summed E-state index contributed by atoms with van der Waals surface area (Å²) in [5.41, 5.74) is 2.93. The van der Waals surface area contributed by atoms with E-state index in [1.54, 1.807) is 0 Å². The van der Waals surface area contributed by atoms with Crippen molar-refractivity contribution < 1.29 is 0 Å². The van der Waals surface area contributed by atoms with Crippen LogP contribution in [0.4, 0.5) is 0 Å². The minimum Gasteiger partial charge on any atom is -0.192 e. The smallest absolute Gasteiger partial charge is 0.0991 e. The molecule has 0 aromatic heterocycles. The molecular weight excluding hydrogens is 170 g/mol. The molecule has 0 aliphatic carbocycles. The largest absolute Gasteiger partial charge is 0.192 e. The molecular formula is C13H9N. The van der Waals surface area contributed by atoms with E-state index in [2.05, 4.69) is 6.07 Å². The van der Waals surface area contributed by atoms with E-state index in [0.717, 1.165) is 11.1 Å². The van der Waals surface area contributed by atoms with Crippen molar-refractivity contribution in [3.8, 4) is 17.2 Å². The van der Waals surface area contributed by atoms with Gasteiger partial charge in [-0.25, -0.2) is 0 Å². The number of hydrogen-bond acceptors (Lipinski definition) is 1. The van der Waals surface area contributed by atoms with Gasteiger partial charge in [0.05, 0.1) is 11.6 Å². The quantitative estimate of drug-likeness (QED) is 0.659. The van der Waals surface area contributed by atoms with Crippen LogP contribution in [0, 0.1) is 11.3 Å². The summed E-state index contributed by atoms with van der Waals surface area (Å²) in [5.74, 6) is 0. The fourth-order valence-electron chi connectivity index (χ4n) is 1.40. The molecule has 0 radical (unpaired) electrons. The maximum absolute atomic E-state index is 8.76. The van der Waals surface area contributed by atoms with Crippen molar-refractivity contribution in [2.45, 2.75) is 0 Å². The highest BCUT2D eigenvalue weighted by atomic mass is 14.2. The second-order valence-electron chi connectivity index (χ2n) is 3.06. The Labute approximate surface area is 83.2 Å². The lowest BCUT2D eigenvalue weighted by Gasteiger charge is -2.00. The average Bonchev–Trinajstić information content (AvgIpc) is 2.30. The number of rotatable bonds is 1.